The topological polar surface area (TPSA) is 127 Å². The van der Waals surface area contributed by atoms with Gasteiger partial charge >= 0.3 is 0 Å². The molecule has 0 saturated carbocycles. The summed E-state index contributed by atoms with van der Waals surface area (Å²) in [6.07, 6.45) is 1.05. The minimum Gasteiger partial charge on any atom is -0.455 e. The molecular formula is C33H27F2N5O5S. The Kier molecular flexibility index (Phi) is 7.64. The summed E-state index contributed by atoms with van der Waals surface area (Å²) in [5, 5.41) is 11.5. The molecule has 0 aliphatic carbocycles. The highest BCUT2D eigenvalue weighted by molar-refractivity contribution is 7.92. The van der Waals surface area contributed by atoms with Crippen molar-refractivity contribution in [1.29, 1.82) is 0 Å². The van der Waals surface area contributed by atoms with Gasteiger partial charge in [0.05, 0.1) is 28.9 Å². The van der Waals surface area contributed by atoms with Gasteiger partial charge in [0.1, 0.15) is 28.5 Å². The molecule has 46 heavy (non-hydrogen) atoms. The SMILES string of the molecule is CNC(=O)c1c(-c2ccc(F)cc2)oc2cc(N(C)S(C)(=O)=O)c(-c3ccc4nnn(C(C)c5ccc(F)cc5)c(=O)c4c3)cc12. The molecular weight excluding hydrogens is 616 g/mol. The van der Waals surface area contributed by atoms with Crippen LogP contribution in [0.2, 0.25) is 0 Å². The van der Waals surface area contributed by atoms with Crippen LogP contribution in [0.1, 0.15) is 28.9 Å². The van der Waals surface area contributed by atoms with Gasteiger partial charge in [-0.25, -0.2) is 21.9 Å². The van der Waals surface area contributed by atoms with Crippen molar-refractivity contribution in [2.75, 3.05) is 24.7 Å². The average molecular weight is 644 g/mol. The van der Waals surface area contributed by atoms with E-state index in [1.54, 1.807) is 43.3 Å². The Bertz CT molecular complexity index is 2320. The minimum absolute atomic E-state index is 0.168. The molecule has 1 amide bonds. The van der Waals surface area contributed by atoms with Crippen LogP contribution in [0, 0.1) is 11.6 Å². The number of carbonyl (C=O) groups is 1. The first kappa shape index (κ1) is 30.6. The fraction of sp³-hybridized carbons (Fsp3) is 0.152. The molecule has 4 aromatic carbocycles. The number of hydrogen-bond donors (Lipinski definition) is 1. The van der Waals surface area contributed by atoms with Crippen LogP contribution in [0.15, 0.2) is 88.1 Å². The van der Waals surface area contributed by atoms with Crippen LogP contribution in [-0.4, -0.2) is 49.7 Å². The van der Waals surface area contributed by atoms with Gasteiger partial charge in [-0.15, -0.1) is 5.10 Å². The van der Waals surface area contributed by atoms with Gasteiger partial charge in [-0.05, 0) is 72.6 Å². The monoisotopic (exact) mass is 643 g/mol. The zero-order chi connectivity index (χ0) is 32.9. The van der Waals surface area contributed by atoms with Crippen molar-refractivity contribution in [2.24, 2.45) is 0 Å². The van der Waals surface area contributed by atoms with Crippen molar-refractivity contribution >= 4 is 43.5 Å². The van der Waals surface area contributed by atoms with E-state index < -0.39 is 39.2 Å². The zero-order valence-electron chi connectivity index (χ0n) is 25.1. The number of furan rings is 1. The number of halogens is 2. The molecule has 0 radical (unpaired) electrons. The second kappa shape index (κ2) is 11.5. The molecule has 1 atom stereocenters. The minimum atomic E-state index is -3.78. The zero-order valence-corrected chi connectivity index (χ0v) is 25.9. The highest BCUT2D eigenvalue weighted by Crippen LogP contribution is 2.41. The summed E-state index contributed by atoms with van der Waals surface area (Å²) >= 11 is 0. The van der Waals surface area contributed by atoms with Crippen LogP contribution in [0.3, 0.4) is 0 Å². The maximum atomic E-state index is 13.7. The van der Waals surface area contributed by atoms with E-state index in [4.69, 9.17) is 4.42 Å². The van der Waals surface area contributed by atoms with Gasteiger partial charge in [-0.3, -0.25) is 13.9 Å². The van der Waals surface area contributed by atoms with Crippen molar-refractivity contribution in [2.45, 2.75) is 13.0 Å². The standard InChI is InChI=1S/C33H27F2N5O5S/c1-18(19-5-10-22(34)11-6-19)40-33(42)25-15-21(9-14-27(25)37-38-40)24-16-26-29(17-28(24)39(3)46(4,43)44)45-31(30(26)32(41)36-2)20-7-12-23(35)13-8-20/h5-18H,1-4H3,(H,36,41). The Labute approximate surface area is 261 Å². The van der Waals surface area contributed by atoms with Gasteiger partial charge in [0.2, 0.25) is 10.0 Å². The van der Waals surface area contributed by atoms with Crippen molar-refractivity contribution in [1.82, 2.24) is 20.3 Å². The van der Waals surface area contributed by atoms with Crippen molar-refractivity contribution < 1.29 is 26.4 Å². The number of anilines is 1. The predicted molar refractivity (Wildman–Crippen MR) is 171 cm³/mol. The first-order valence-electron chi connectivity index (χ1n) is 14.0. The number of rotatable bonds is 7. The number of hydrogen-bond acceptors (Lipinski definition) is 7. The van der Waals surface area contributed by atoms with Crippen LogP contribution in [0.5, 0.6) is 0 Å². The Morgan fingerprint density at radius 3 is 2.20 bits per heavy atom. The third-order valence-corrected chi connectivity index (χ3v) is 9.11. The Morgan fingerprint density at radius 1 is 0.935 bits per heavy atom. The summed E-state index contributed by atoms with van der Waals surface area (Å²) in [6.45, 7) is 1.74. The van der Waals surface area contributed by atoms with E-state index in [1.165, 1.54) is 61.2 Å². The number of aromatic nitrogens is 3. The normalized spacial score (nSPS) is 12.4. The largest absolute Gasteiger partial charge is 0.455 e. The number of nitrogens with one attached hydrogen (secondary N) is 1. The van der Waals surface area contributed by atoms with E-state index in [2.05, 4.69) is 15.6 Å². The number of benzene rings is 4. The quantitative estimate of drug-likeness (QED) is 0.243. The molecule has 0 aliphatic rings. The number of sulfonamides is 1. The van der Waals surface area contributed by atoms with E-state index >= 15 is 0 Å². The summed E-state index contributed by atoms with van der Waals surface area (Å²) < 4.78 is 61.2. The number of carbonyl (C=O) groups excluding carboxylic acids is 1. The van der Waals surface area contributed by atoms with Crippen LogP contribution in [0.25, 0.3) is 44.3 Å². The Morgan fingerprint density at radius 2 is 1.57 bits per heavy atom. The van der Waals surface area contributed by atoms with Gasteiger partial charge in [0.15, 0.2) is 0 Å². The molecule has 0 fully saturated rings. The molecule has 0 bridgehead atoms. The molecule has 234 valence electrons. The second-order valence-corrected chi connectivity index (χ2v) is 12.8. The smallest absolute Gasteiger partial charge is 0.278 e. The van der Waals surface area contributed by atoms with Crippen LogP contribution < -0.4 is 15.2 Å². The van der Waals surface area contributed by atoms with Crippen molar-refractivity contribution in [3.8, 4) is 22.5 Å². The molecule has 6 aromatic rings. The van der Waals surface area contributed by atoms with Crippen LogP contribution >= 0.6 is 0 Å². The fourth-order valence-corrected chi connectivity index (χ4v) is 5.82. The highest BCUT2D eigenvalue weighted by Gasteiger charge is 2.26. The van der Waals surface area contributed by atoms with Gasteiger partial charge in [-0.2, -0.15) is 0 Å². The Hall–Kier alpha value is -5.43. The molecule has 0 saturated heterocycles. The van der Waals surface area contributed by atoms with E-state index in [-0.39, 0.29) is 28.0 Å². The Balaban J connectivity index is 1.60. The lowest BCUT2D eigenvalue weighted by Gasteiger charge is -2.21. The molecule has 2 aromatic heterocycles. The maximum absolute atomic E-state index is 13.7. The molecule has 13 heteroatoms. The summed E-state index contributed by atoms with van der Waals surface area (Å²) in [5.41, 5.74) is 2.38. The molecule has 2 heterocycles. The van der Waals surface area contributed by atoms with Gasteiger partial charge in [-0.1, -0.05) is 23.4 Å². The molecule has 1 N–H and O–H groups in total. The third-order valence-electron chi connectivity index (χ3n) is 7.92. The summed E-state index contributed by atoms with van der Waals surface area (Å²) in [7, 11) is -0.938. The van der Waals surface area contributed by atoms with E-state index in [9.17, 15) is 26.8 Å². The van der Waals surface area contributed by atoms with Gasteiger partial charge in [0.25, 0.3) is 11.5 Å². The first-order chi connectivity index (χ1) is 21.9. The molecule has 10 nitrogen and oxygen atoms in total. The predicted octanol–water partition coefficient (Wildman–Crippen LogP) is 5.51. The average Bonchev–Trinajstić information content (AvgIpc) is 3.42. The van der Waals surface area contributed by atoms with E-state index in [0.717, 1.165) is 10.6 Å². The van der Waals surface area contributed by atoms with Crippen LogP contribution in [0.4, 0.5) is 14.5 Å². The molecule has 0 spiro atoms. The fourth-order valence-electron chi connectivity index (χ4n) is 5.32. The molecule has 1 unspecified atom stereocenters. The lowest BCUT2D eigenvalue weighted by molar-refractivity contribution is 0.0964. The summed E-state index contributed by atoms with van der Waals surface area (Å²) in [5.74, 6) is -1.18. The van der Waals surface area contributed by atoms with Gasteiger partial charge in [0, 0.05) is 36.7 Å². The third kappa shape index (κ3) is 5.38. The number of amides is 1. The molecule has 6 rings (SSSR count). The maximum Gasteiger partial charge on any atom is 0.278 e. The lowest BCUT2D eigenvalue weighted by Crippen LogP contribution is -2.28. The van der Waals surface area contributed by atoms with Crippen molar-refractivity contribution in [3.05, 3.63) is 112 Å². The van der Waals surface area contributed by atoms with E-state index in [1.807, 2.05) is 0 Å². The van der Waals surface area contributed by atoms with Crippen molar-refractivity contribution in [3.63, 3.8) is 0 Å². The summed E-state index contributed by atoms with van der Waals surface area (Å²) in [4.78, 5) is 26.9. The van der Waals surface area contributed by atoms with Gasteiger partial charge < -0.3 is 9.73 Å². The molecule has 0 aliphatic heterocycles. The highest BCUT2D eigenvalue weighted by atomic mass is 32.2. The second-order valence-electron chi connectivity index (χ2n) is 10.8. The first-order valence-corrected chi connectivity index (χ1v) is 15.9. The number of nitrogens with zero attached hydrogens (tertiary/aromatic N) is 4. The lowest BCUT2D eigenvalue weighted by atomic mass is 9.97. The van der Waals surface area contributed by atoms with Crippen LogP contribution in [-0.2, 0) is 10.0 Å². The number of fused-ring (bicyclic) bond motifs is 2. The summed E-state index contributed by atoms with van der Waals surface area (Å²) in [6, 6.07) is 18.6. The van der Waals surface area contributed by atoms with E-state index in [0.29, 0.717) is 33.2 Å².